The summed E-state index contributed by atoms with van der Waals surface area (Å²) in [6.45, 7) is 7.00. The van der Waals surface area contributed by atoms with Crippen molar-refractivity contribution in [1.29, 1.82) is 0 Å². The number of aryl methyl sites for hydroxylation is 2. The van der Waals surface area contributed by atoms with Crippen molar-refractivity contribution in [3.63, 3.8) is 0 Å². The number of hydrogen-bond acceptors (Lipinski definition) is 4. The molecule has 0 spiro atoms. The molecule has 0 radical (unpaired) electrons. The first-order valence-corrected chi connectivity index (χ1v) is 8.43. The number of carbonyl (C=O) groups excluding carboxylic acids is 2. The van der Waals surface area contributed by atoms with Gasteiger partial charge in [0.05, 0.1) is 24.3 Å². The van der Waals surface area contributed by atoms with Crippen LogP contribution < -0.4 is 10.6 Å². The highest BCUT2D eigenvalue weighted by molar-refractivity contribution is 6.35. The molecule has 0 saturated heterocycles. The molecule has 0 aliphatic rings. The number of nitrogens with one attached hydrogen (secondary N) is 2. The molecule has 8 nitrogen and oxygen atoms in total. The first-order chi connectivity index (χ1) is 12.5. The lowest BCUT2D eigenvalue weighted by molar-refractivity contribution is -0.139. The number of nitrogens with zero attached hydrogens (tertiary/aromatic N) is 4. The van der Waals surface area contributed by atoms with Crippen LogP contribution in [0.1, 0.15) is 22.8 Å². The molecule has 8 heteroatoms. The Morgan fingerprint density at radius 1 is 1.12 bits per heavy atom. The zero-order valence-electron chi connectivity index (χ0n) is 15.1. The average molecular weight is 354 g/mol. The number of carbonyl (C=O) groups is 2. The fourth-order valence-corrected chi connectivity index (χ4v) is 2.67. The molecule has 0 unspecified atom stereocenters. The average Bonchev–Trinajstić information content (AvgIpc) is 3.18. The van der Waals surface area contributed by atoms with Gasteiger partial charge in [-0.05, 0) is 32.9 Å². The van der Waals surface area contributed by atoms with Gasteiger partial charge in [-0.1, -0.05) is 6.07 Å². The Kier molecular flexibility index (Phi) is 5.01. The number of aromatic nitrogens is 4. The zero-order chi connectivity index (χ0) is 18.7. The normalized spacial score (nSPS) is 10.9. The maximum absolute atomic E-state index is 11.9. The summed E-state index contributed by atoms with van der Waals surface area (Å²) in [6.07, 6.45) is 3.58. The third-order valence-electron chi connectivity index (χ3n) is 4.37. The topological polar surface area (TPSA) is 93.3 Å². The van der Waals surface area contributed by atoms with Crippen LogP contribution in [0.3, 0.4) is 0 Å². The van der Waals surface area contributed by atoms with Crippen molar-refractivity contribution in [2.45, 2.75) is 33.9 Å². The number of hydrogen-bond donors (Lipinski definition) is 2. The molecule has 0 atom stereocenters. The SMILES string of the molecule is Cc1ncn(CCNC(=O)C(=O)NCc2cn3c(C)cccc3n2)c1C. The van der Waals surface area contributed by atoms with Crippen molar-refractivity contribution < 1.29 is 9.59 Å². The second-order valence-corrected chi connectivity index (χ2v) is 6.17. The van der Waals surface area contributed by atoms with Crippen LogP contribution in [0.2, 0.25) is 0 Å². The van der Waals surface area contributed by atoms with E-state index >= 15 is 0 Å². The van der Waals surface area contributed by atoms with Crippen molar-refractivity contribution in [2.75, 3.05) is 6.54 Å². The third kappa shape index (κ3) is 3.74. The minimum Gasteiger partial charge on any atom is -0.346 e. The van der Waals surface area contributed by atoms with Gasteiger partial charge in [0.25, 0.3) is 0 Å². The molecule has 0 aliphatic carbocycles. The van der Waals surface area contributed by atoms with Crippen molar-refractivity contribution in [2.24, 2.45) is 0 Å². The summed E-state index contributed by atoms with van der Waals surface area (Å²) in [5.74, 6) is -1.32. The molecule has 3 heterocycles. The van der Waals surface area contributed by atoms with Crippen LogP contribution in [0.15, 0.2) is 30.7 Å². The van der Waals surface area contributed by atoms with E-state index in [0.717, 1.165) is 22.7 Å². The second kappa shape index (κ2) is 7.38. The lowest BCUT2D eigenvalue weighted by atomic mass is 10.4. The Morgan fingerprint density at radius 3 is 2.58 bits per heavy atom. The number of pyridine rings is 1. The van der Waals surface area contributed by atoms with Gasteiger partial charge in [-0.25, -0.2) is 9.97 Å². The summed E-state index contributed by atoms with van der Waals surface area (Å²) in [7, 11) is 0. The van der Waals surface area contributed by atoms with Gasteiger partial charge in [-0.3, -0.25) is 9.59 Å². The van der Waals surface area contributed by atoms with E-state index in [0.29, 0.717) is 18.8 Å². The second-order valence-electron chi connectivity index (χ2n) is 6.17. The molecule has 3 aromatic heterocycles. The summed E-state index contributed by atoms with van der Waals surface area (Å²) in [5.41, 5.74) is 4.56. The first-order valence-electron chi connectivity index (χ1n) is 8.43. The van der Waals surface area contributed by atoms with Crippen LogP contribution in [-0.2, 0) is 22.7 Å². The van der Waals surface area contributed by atoms with E-state index in [2.05, 4.69) is 20.6 Å². The van der Waals surface area contributed by atoms with E-state index in [-0.39, 0.29) is 6.54 Å². The van der Waals surface area contributed by atoms with Crippen LogP contribution in [0.5, 0.6) is 0 Å². The van der Waals surface area contributed by atoms with Crippen molar-refractivity contribution in [1.82, 2.24) is 29.6 Å². The standard InChI is InChI=1S/C18H22N6O2/c1-12-5-4-6-16-22-15(10-24(12)16)9-20-18(26)17(25)19-7-8-23-11-21-13(2)14(23)3/h4-6,10-11H,7-9H2,1-3H3,(H,19,25)(H,20,26). The smallest absolute Gasteiger partial charge is 0.309 e. The van der Waals surface area contributed by atoms with Gasteiger partial charge < -0.3 is 19.6 Å². The largest absolute Gasteiger partial charge is 0.346 e. The summed E-state index contributed by atoms with van der Waals surface area (Å²) in [5, 5.41) is 5.21. The highest BCUT2D eigenvalue weighted by Crippen LogP contribution is 2.08. The summed E-state index contributed by atoms with van der Waals surface area (Å²) in [4.78, 5) is 32.5. The fraction of sp³-hybridized carbons (Fsp3) is 0.333. The quantitative estimate of drug-likeness (QED) is 0.666. The van der Waals surface area contributed by atoms with Crippen molar-refractivity contribution in [3.05, 3.63) is 53.5 Å². The highest BCUT2D eigenvalue weighted by Gasteiger charge is 2.13. The van der Waals surface area contributed by atoms with Crippen LogP contribution in [0.25, 0.3) is 5.65 Å². The first kappa shape index (κ1) is 17.7. The fourth-order valence-electron chi connectivity index (χ4n) is 2.67. The molecule has 3 rings (SSSR count). The van der Waals surface area contributed by atoms with Gasteiger partial charge in [0.2, 0.25) is 0 Å². The van der Waals surface area contributed by atoms with Crippen LogP contribution in [0, 0.1) is 20.8 Å². The van der Waals surface area contributed by atoms with Crippen LogP contribution >= 0.6 is 0 Å². The highest BCUT2D eigenvalue weighted by atomic mass is 16.2. The molecule has 0 bridgehead atoms. The lowest BCUT2D eigenvalue weighted by Gasteiger charge is -2.07. The molecule has 0 saturated carbocycles. The van der Waals surface area contributed by atoms with Crippen molar-refractivity contribution in [3.8, 4) is 0 Å². The summed E-state index contributed by atoms with van der Waals surface area (Å²) in [6, 6.07) is 5.80. The van der Waals surface area contributed by atoms with Gasteiger partial charge in [0, 0.05) is 30.7 Å². The van der Waals surface area contributed by atoms with Gasteiger partial charge in [-0.15, -0.1) is 0 Å². The summed E-state index contributed by atoms with van der Waals surface area (Å²) >= 11 is 0. The molecule has 3 aromatic rings. The molecular formula is C18H22N6O2. The molecule has 0 aromatic carbocycles. The molecule has 136 valence electrons. The molecular weight excluding hydrogens is 332 g/mol. The Hall–Kier alpha value is -3.16. The zero-order valence-corrected chi connectivity index (χ0v) is 15.1. The van der Waals surface area contributed by atoms with Crippen LogP contribution in [-0.4, -0.2) is 37.3 Å². The maximum atomic E-state index is 11.9. The van der Waals surface area contributed by atoms with E-state index in [1.165, 1.54) is 0 Å². The Bertz CT molecular complexity index is 956. The van der Waals surface area contributed by atoms with Crippen molar-refractivity contribution >= 4 is 17.5 Å². The maximum Gasteiger partial charge on any atom is 0.309 e. The Morgan fingerprint density at radius 2 is 1.88 bits per heavy atom. The monoisotopic (exact) mass is 354 g/mol. The molecule has 2 amide bonds. The van der Waals surface area contributed by atoms with E-state index in [1.54, 1.807) is 6.33 Å². The Balaban J connectivity index is 1.48. The van der Waals surface area contributed by atoms with Gasteiger partial charge >= 0.3 is 11.8 Å². The number of rotatable bonds is 5. The molecule has 0 fully saturated rings. The molecule has 0 aliphatic heterocycles. The Labute approximate surface area is 151 Å². The number of fused-ring (bicyclic) bond motifs is 1. The number of amides is 2. The van der Waals surface area contributed by atoms with Gasteiger partial charge in [0.1, 0.15) is 5.65 Å². The minimum absolute atomic E-state index is 0.202. The lowest BCUT2D eigenvalue weighted by Crippen LogP contribution is -2.40. The van der Waals surface area contributed by atoms with Gasteiger partial charge in [0.15, 0.2) is 0 Å². The van der Waals surface area contributed by atoms with E-state index in [4.69, 9.17) is 0 Å². The minimum atomic E-state index is -0.669. The van der Waals surface area contributed by atoms with E-state index in [1.807, 2.05) is 54.1 Å². The van der Waals surface area contributed by atoms with Crippen LogP contribution in [0.4, 0.5) is 0 Å². The van der Waals surface area contributed by atoms with Gasteiger partial charge in [-0.2, -0.15) is 0 Å². The van der Waals surface area contributed by atoms with E-state index in [9.17, 15) is 9.59 Å². The molecule has 2 N–H and O–H groups in total. The van der Waals surface area contributed by atoms with E-state index < -0.39 is 11.8 Å². The number of imidazole rings is 2. The summed E-state index contributed by atoms with van der Waals surface area (Å²) < 4.78 is 3.88. The predicted octanol–water partition coefficient (Wildman–Crippen LogP) is 0.889. The molecule has 26 heavy (non-hydrogen) atoms. The predicted molar refractivity (Wildman–Crippen MR) is 96.5 cm³/mol. The third-order valence-corrected chi connectivity index (χ3v) is 4.37.